The molecule has 1 aliphatic rings. The van der Waals surface area contributed by atoms with Crippen molar-refractivity contribution >= 4 is 30.4 Å². The fraction of sp³-hybridized carbons (Fsp3) is 0.714. The summed E-state index contributed by atoms with van der Waals surface area (Å²) in [5, 5.41) is 12.0. The van der Waals surface area contributed by atoms with Crippen LogP contribution in [0, 0.1) is 0 Å². The van der Waals surface area contributed by atoms with Crippen molar-refractivity contribution in [3.63, 3.8) is 0 Å². The van der Waals surface area contributed by atoms with Crippen molar-refractivity contribution in [1.29, 1.82) is 0 Å². The number of aliphatic hydroxyl groups is 2. The first-order chi connectivity index (χ1) is 11.7. The van der Waals surface area contributed by atoms with Crippen LogP contribution < -0.4 is 0 Å². The Morgan fingerprint density at radius 2 is 0.852 bits per heavy atom. The molecule has 0 aliphatic carbocycles. The van der Waals surface area contributed by atoms with E-state index in [4.69, 9.17) is 39.1 Å². The lowest BCUT2D eigenvalue weighted by atomic mass is 10.5. The molecule has 0 aromatic rings. The molecule has 16 nitrogen and oxygen atoms in total. The Bertz CT molecular complexity index is 679. The van der Waals surface area contributed by atoms with Gasteiger partial charge in [0.05, 0.1) is 19.8 Å². The second-order valence-corrected chi connectivity index (χ2v) is 13.7. The molecule has 1 heterocycles. The van der Waals surface area contributed by atoms with Crippen LogP contribution in [-0.4, -0.2) is 89.1 Å². The summed E-state index contributed by atoms with van der Waals surface area (Å²) in [7, 11) is -23.1. The van der Waals surface area contributed by atoms with E-state index in [1.165, 1.54) is 0 Å². The highest BCUT2D eigenvalue weighted by molar-refractivity contribution is 7.72. The highest BCUT2D eigenvalue weighted by Gasteiger charge is 2.62. The van der Waals surface area contributed by atoms with Crippen molar-refractivity contribution in [1.82, 2.24) is 9.80 Å². The summed E-state index contributed by atoms with van der Waals surface area (Å²) in [5.74, 6) is 0. The van der Waals surface area contributed by atoms with Crippen LogP contribution >= 0.6 is 30.4 Å². The molecule has 0 atom stereocenters. The van der Waals surface area contributed by atoms with Crippen molar-refractivity contribution in [3.05, 3.63) is 12.4 Å². The fourth-order valence-electron chi connectivity index (χ4n) is 1.97. The molecule has 27 heavy (non-hydrogen) atoms. The smallest absolute Gasteiger partial charge is 0.366 e. The maximum Gasteiger partial charge on any atom is 0.371 e. The molecule has 0 radical (unpaired) electrons. The Labute approximate surface area is 151 Å². The van der Waals surface area contributed by atoms with E-state index in [2.05, 4.69) is 0 Å². The van der Waals surface area contributed by atoms with Crippen LogP contribution in [0.15, 0.2) is 12.4 Å². The van der Waals surface area contributed by atoms with E-state index in [0.29, 0.717) is 9.80 Å². The third kappa shape index (κ3) is 4.89. The van der Waals surface area contributed by atoms with E-state index in [-0.39, 0.29) is 0 Å². The Kier molecular flexibility index (Phi) is 6.71. The van der Waals surface area contributed by atoms with Gasteiger partial charge in [-0.15, -0.1) is 0 Å². The molecule has 1 rings (SSSR count). The zero-order valence-corrected chi connectivity index (χ0v) is 16.6. The molecule has 0 aromatic carbocycles. The van der Waals surface area contributed by atoms with Gasteiger partial charge in [0.1, 0.15) is 0 Å². The third-order valence-electron chi connectivity index (χ3n) is 3.55. The third-order valence-corrected chi connectivity index (χ3v) is 11.0. The molecular formula is C7H18N2O14P4. The van der Waals surface area contributed by atoms with Gasteiger partial charge < -0.3 is 59.2 Å². The molecular weight excluding hydrogens is 460 g/mol. The van der Waals surface area contributed by atoms with Gasteiger partial charge in [0.15, 0.2) is 0 Å². The summed E-state index contributed by atoms with van der Waals surface area (Å²) in [4.78, 5) is 73.8. The molecule has 0 aromatic heterocycles. The molecule has 0 unspecified atom stereocenters. The maximum absolute atomic E-state index is 11.3. The number of hydrogen-bond acceptors (Lipinski definition) is 8. The Morgan fingerprint density at radius 3 is 1.04 bits per heavy atom. The average Bonchev–Trinajstić information content (AvgIpc) is 2.80. The molecule has 0 amide bonds. The van der Waals surface area contributed by atoms with Crippen molar-refractivity contribution in [2.75, 3.05) is 19.8 Å². The number of hydrogen-bond donors (Lipinski definition) is 10. The largest absolute Gasteiger partial charge is 0.371 e. The zero-order valence-electron chi connectivity index (χ0n) is 13.1. The van der Waals surface area contributed by atoms with Crippen LogP contribution in [0.3, 0.4) is 0 Å². The monoisotopic (exact) mass is 478 g/mol. The number of β-amino-alcohol motifs (C(OH)–C–C–N with tert-alkyl or cyclic N) is 2. The van der Waals surface area contributed by atoms with Gasteiger partial charge in [-0.05, 0) is 0 Å². The fourth-order valence-corrected chi connectivity index (χ4v) is 6.15. The van der Waals surface area contributed by atoms with E-state index in [1.54, 1.807) is 0 Å². The summed E-state index contributed by atoms with van der Waals surface area (Å²) in [6, 6.07) is 0. The van der Waals surface area contributed by atoms with Gasteiger partial charge in [-0.3, -0.25) is 18.3 Å². The molecule has 0 bridgehead atoms. The van der Waals surface area contributed by atoms with E-state index in [1.807, 2.05) is 0 Å². The maximum atomic E-state index is 11.3. The lowest BCUT2D eigenvalue weighted by Crippen LogP contribution is -2.44. The minimum absolute atomic E-state index is 0.679. The number of nitrogens with zero attached hydrogens (tertiary/aromatic N) is 2. The molecule has 0 saturated heterocycles. The first kappa shape index (κ1) is 24.9. The minimum atomic E-state index is -5.78. The van der Waals surface area contributed by atoms with Crippen molar-refractivity contribution < 1.29 is 67.6 Å². The molecule has 1 aliphatic heterocycles. The predicted octanol–water partition coefficient (Wildman–Crippen LogP) is -2.96. The molecule has 0 saturated carbocycles. The second-order valence-electron chi connectivity index (χ2n) is 5.66. The molecule has 20 heteroatoms. The topological polar surface area (TPSA) is 277 Å². The first-order valence-electron chi connectivity index (χ1n) is 6.49. The first-order valence-corrected chi connectivity index (χ1v) is 12.9. The van der Waals surface area contributed by atoms with E-state index in [9.17, 15) is 28.5 Å². The van der Waals surface area contributed by atoms with Gasteiger partial charge >= 0.3 is 30.4 Å². The molecule has 10 N–H and O–H groups in total. The molecule has 0 fully saturated rings. The van der Waals surface area contributed by atoms with Gasteiger partial charge in [0, 0.05) is 12.4 Å². The summed E-state index contributed by atoms with van der Waals surface area (Å²) in [6.07, 6.45) is 1.71. The minimum Gasteiger partial charge on any atom is -0.366 e. The van der Waals surface area contributed by atoms with E-state index >= 15 is 0 Å². The lowest BCUT2D eigenvalue weighted by Gasteiger charge is -2.35. The van der Waals surface area contributed by atoms with Gasteiger partial charge in [0.2, 0.25) is 0 Å². The normalized spacial score (nSPS) is 17.7. The van der Waals surface area contributed by atoms with Crippen LogP contribution in [0.25, 0.3) is 0 Å². The predicted molar refractivity (Wildman–Crippen MR) is 85.5 cm³/mol. The van der Waals surface area contributed by atoms with Crippen LogP contribution in [0.1, 0.15) is 0 Å². The highest BCUT2D eigenvalue weighted by Crippen LogP contribution is 2.68. The Balaban J connectivity index is 3.05. The van der Waals surface area contributed by atoms with Gasteiger partial charge in [-0.2, -0.15) is 0 Å². The summed E-state index contributed by atoms with van der Waals surface area (Å²) in [5.41, 5.74) is 0. The van der Waals surface area contributed by atoms with Crippen molar-refractivity contribution in [3.8, 4) is 0 Å². The van der Waals surface area contributed by atoms with Gasteiger partial charge in [0.25, 0.3) is 10.2 Å². The SMILES string of the molecule is O=P(O)(O)C(O)(CN1C=CN(CC(O)(P(=O)(O)O)P(=O)(O)O)C1)P(=O)(O)O. The van der Waals surface area contributed by atoms with E-state index < -0.39 is 60.3 Å². The number of rotatable bonds is 8. The van der Waals surface area contributed by atoms with Crippen molar-refractivity contribution in [2.45, 2.75) is 10.2 Å². The second kappa shape index (κ2) is 7.28. The summed E-state index contributed by atoms with van der Waals surface area (Å²) in [6.45, 7) is -3.39. The summed E-state index contributed by atoms with van der Waals surface area (Å²) < 4.78 is 45.2. The van der Waals surface area contributed by atoms with Crippen LogP contribution in [0.5, 0.6) is 0 Å². The van der Waals surface area contributed by atoms with Crippen LogP contribution in [0.4, 0.5) is 0 Å². The Morgan fingerprint density at radius 1 is 0.630 bits per heavy atom. The van der Waals surface area contributed by atoms with Crippen LogP contribution in [-0.2, 0) is 18.3 Å². The zero-order chi connectivity index (χ0) is 21.7. The van der Waals surface area contributed by atoms with Gasteiger partial charge in [-0.25, -0.2) is 0 Å². The molecule has 160 valence electrons. The average molecular weight is 478 g/mol. The molecule has 0 spiro atoms. The highest BCUT2D eigenvalue weighted by atomic mass is 31.2. The van der Waals surface area contributed by atoms with E-state index in [0.717, 1.165) is 12.4 Å². The van der Waals surface area contributed by atoms with Gasteiger partial charge in [-0.1, -0.05) is 0 Å². The van der Waals surface area contributed by atoms with Crippen molar-refractivity contribution in [2.24, 2.45) is 0 Å². The summed E-state index contributed by atoms with van der Waals surface area (Å²) >= 11 is 0. The lowest BCUT2D eigenvalue weighted by molar-refractivity contribution is 0.0770. The quantitative estimate of drug-likeness (QED) is 0.156. The van der Waals surface area contributed by atoms with Crippen LogP contribution in [0.2, 0.25) is 0 Å². The standard InChI is InChI=1S/C7H18N2O14P4/c10-6(24(12,13)14,25(15,16)17)3-8-1-2-9(5-8)4-7(11,26(18,19)20)27(21,22)23/h1-2,10-11H,3-5H2,(H2,12,13,14)(H2,15,16,17)(H2,18,19,20)(H2,21,22,23). The Hall–Kier alpha value is -0.140.